The molecule has 0 amide bonds. The molecule has 5 saturated carbocycles. The minimum absolute atomic E-state index is 0.0302. The topological polar surface area (TPSA) is 20.2 Å². The molecule has 2 heteroatoms. The van der Waals surface area contributed by atoms with Gasteiger partial charge in [0.1, 0.15) is 0 Å². The molecule has 0 bridgehead atoms. The molecule has 5 aliphatic carbocycles. The van der Waals surface area contributed by atoms with Gasteiger partial charge in [-0.1, -0.05) is 55.4 Å². The van der Waals surface area contributed by atoms with Crippen LogP contribution in [0.5, 0.6) is 0 Å². The molecule has 0 spiro atoms. The van der Waals surface area contributed by atoms with Crippen LogP contribution in [0.3, 0.4) is 0 Å². The summed E-state index contributed by atoms with van der Waals surface area (Å²) in [6.45, 7) is 20.6. The van der Waals surface area contributed by atoms with E-state index in [9.17, 15) is 5.11 Å². The smallest absolute Gasteiger partial charge is 0.0551 e. The molecule has 0 aliphatic heterocycles. The lowest BCUT2D eigenvalue weighted by Gasteiger charge is -2.76. The fourth-order valence-electron chi connectivity index (χ4n) is 11.8. The van der Waals surface area contributed by atoms with E-state index in [-0.39, 0.29) is 21.7 Å². The average Bonchev–Trinajstić information content (AvgIpc) is 2.68. The van der Waals surface area contributed by atoms with Gasteiger partial charge < -0.3 is 5.11 Å². The van der Waals surface area contributed by atoms with Crippen LogP contribution < -0.4 is 0 Å². The van der Waals surface area contributed by atoms with Crippen LogP contribution in [-0.2, 0) is 0 Å². The fraction of sp³-hybridized carbons (Fsp3) is 1.00. The zero-order chi connectivity index (χ0) is 23.5. The number of aliphatic hydroxyl groups excluding tert-OH is 1. The van der Waals surface area contributed by atoms with E-state index in [2.05, 4.69) is 55.4 Å². The Hall–Kier alpha value is 0.310. The highest BCUT2D eigenvalue weighted by atomic mass is 32.1. The standard InChI is InChI=1S/C30H52OS/c1-19-11-12-26(5)13-14-27(6)22(24(26)20(19)2)9-10-23-28(27,7)15-16-30(32)25(3,4)17-21(31)18-29(23,30)8/h19-24,31-32H,9-18H2,1-8H3/t19-,20+,21?,22-,23+,24+,26-,27-,28-,29-,30-/m1/s1. The van der Waals surface area contributed by atoms with E-state index in [1.807, 2.05) is 0 Å². The van der Waals surface area contributed by atoms with Crippen molar-refractivity contribution in [1.82, 2.24) is 0 Å². The number of fused-ring (bicyclic) bond motifs is 7. The van der Waals surface area contributed by atoms with Gasteiger partial charge in [0, 0.05) is 4.75 Å². The quantitative estimate of drug-likeness (QED) is 0.349. The number of hydrogen-bond acceptors (Lipinski definition) is 2. The molecule has 1 unspecified atom stereocenters. The Morgan fingerprint density at radius 3 is 2.06 bits per heavy atom. The first kappa shape index (κ1) is 24.0. The SMILES string of the molecule is C[C@@H]1[C@H]2[C@H]3CC[C@@H]4[C@@]5(C)CC(O)CC(C)(C)[C@]5(S)CC[C@@]4(C)[C@]3(C)CC[C@@]2(C)CC[C@H]1C. The first-order chi connectivity index (χ1) is 14.7. The number of rotatable bonds is 0. The van der Waals surface area contributed by atoms with E-state index < -0.39 is 0 Å². The zero-order valence-electron chi connectivity index (χ0n) is 22.4. The Kier molecular flexibility index (Phi) is 5.22. The maximum Gasteiger partial charge on any atom is 0.0551 e. The Morgan fingerprint density at radius 2 is 1.38 bits per heavy atom. The van der Waals surface area contributed by atoms with Gasteiger partial charge in [-0.05, 0) is 121 Å². The third kappa shape index (κ3) is 2.69. The van der Waals surface area contributed by atoms with Gasteiger partial charge in [-0.3, -0.25) is 0 Å². The largest absolute Gasteiger partial charge is 0.393 e. The van der Waals surface area contributed by atoms with Crippen LogP contribution in [0.4, 0.5) is 0 Å². The molecule has 0 aromatic carbocycles. The van der Waals surface area contributed by atoms with Gasteiger partial charge >= 0.3 is 0 Å². The highest BCUT2D eigenvalue weighted by Crippen LogP contribution is 2.78. The monoisotopic (exact) mass is 460 g/mol. The third-order valence-corrected chi connectivity index (χ3v) is 15.3. The predicted molar refractivity (Wildman–Crippen MR) is 139 cm³/mol. The molecule has 1 nitrogen and oxygen atoms in total. The summed E-state index contributed by atoms with van der Waals surface area (Å²) in [5.74, 6) is 4.18. The Balaban J connectivity index is 1.57. The molecule has 0 saturated heterocycles. The molecule has 5 rings (SSSR count). The van der Waals surface area contributed by atoms with E-state index in [0.717, 1.165) is 36.5 Å². The van der Waals surface area contributed by atoms with Crippen molar-refractivity contribution >= 4 is 12.6 Å². The van der Waals surface area contributed by atoms with Crippen molar-refractivity contribution in [1.29, 1.82) is 0 Å². The lowest BCUT2D eigenvalue weighted by molar-refractivity contribution is -0.246. The fourth-order valence-corrected chi connectivity index (χ4v) is 12.2. The average molecular weight is 461 g/mol. The summed E-state index contributed by atoms with van der Waals surface area (Å²) in [6.07, 6.45) is 12.7. The van der Waals surface area contributed by atoms with Gasteiger partial charge in [-0.25, -0.2) is 0 Å². The highest BCUT2D eigenvalue weighted by Gasteiger charge is 2.73. The summed E-state index contributed by atoms with van der Waals surface area (Å²) < 4.78 is 0.0302. The molecule has 32 heavy (non-hydrogen) atoms. The van der Waals surface area contributed by atoms with Crippen molar-refractivity contribution < 1.29 is 5.11 Å². The second kappa shape index (κ2) is 6.96. The molecule has 0 aromatic heterocycles. The molecule has 11 atom stereocenters. The van der Waals surface area contributed by atoms with Crippen LogP contribution in [-0.4, -0.2) is 16.0 Å². The molecule has 1 N–H and O–H groups in total. The van der Waals surface area contributed by atoms with Crippen molar-refractivity contribution in [3.63, 3.8) is 0 Å². The first-order valence-corrected chi connectivity index (χ1v) is 14.5. The molecule has 0 radical (unpaired) electrons. The van der Waals surface area contributed by atoms with Crippen molar-refractivity contribution in [2.75, 3.05) is 0 Å². The number of aliphatic hydroxyl groups is 1. The van der Waals surface area contributed by atoms with Crippen molar-refractivity contribution in [3.8, 4) is 0 Å². The van der Waals surface area contributed by atoms with Crippen molar-refractivity contribution in [2.45, 2.75) is 130 Å². The summed E-state index contributed by atoms with van der Waals surface area (Å²) >= 11 is 5.59. The molecule has 5 fully saturated rings. The van der Waals surface area contributed by atoms with E-state index in [4.69, 9.17) is 12.6 Å². The molecular formula is C30H52OS. The van der Waals surface area contributed by atoms with Crippen LogP contribution in [0.1, 0.15) is 120 Å². The summed E-state index contributed by atoms with van der Waals surface area (Å²) in [6, 6.07) is 0. The molecule has 5 aliphatic rings. The van der Waals surface area contributed by atoms with Gasteiger partial charge in [-0.15, -0.1) is 0 Å². The summed E-state index contributed by atoms with van der Waals surface area (Å²) in [4.78, 5) is 0. The van der Waals surface area contributed by atoms with Crippen molar-refractivity contribution in [3.05, 3.63) is 0 Å². The lowest BCUT2D eigenvalue weighted by Crippen LogP contribution is -2.71. The minimum atomic E-state index is -0.169. The Labute approximate surface area is 204 Å². The van der Waals surface area contributed by atoms with Crippen LogP contribution in [0.2, 0.25) is 0 Å². The number of hydrogen-bond donors (Lipinski definition) is 2. The van der Waals surface area contributed by atoms with Gasteiger partial charge in [0.25, 0.3) is 0 Å². The van der Waals surface area contributed by atoms with Gasteiger partial charge in [0.2, 0.25) is 0 Å². The molecule has 184 valence electrons. The molecule has 0 heterocycles. The van der Waals surface area contributed by atoms with Crippen LogP contribution >= 0.6 is 12.6 Å². The third-order valence-electron chi connectivity index (χ3n) is 14.0. The highest BCUT2D eigenvalue weighted by molar-refractivity contribution is 7.82. The minimum Gasteiger partial charge on any atom is -0.393 e. The normalized spacial score (nSPS) is 61.7. The van der Waals surface area contributed by atoms with Crippen LogP contribution in [0, 0.1) is 56.7 Å². The van der Waals surface area contributed by atoms with Crippen LogP contribution in [0.15, 0.2) is 0 Å². The van der Waals surface area contributed by atoms with Gasteiger partial charge in [0.15, 0.2) is 0 Å². The van der Waals surface area contributed by atoms with Crippen LogP contribution in [0.25, 0.3) is 0 Å². The Morgan fingerprint density at radius 1 is 0.719 bits per heavy atom. The van der Waals surface area contributed by atoms with Gasteiger partial charge in [-0.2, -0.15) is 12.6 Å². The maximum absolute atomic E-state index is 11.1. The molecular weight excluding hydrogens is 408 g/mol. The van der Waals surface area contributed by atoms with E-state index in [1.165, 1.54) is 51.4 Å². The second-order valence-electron chi connectivity index (χ2n) is 15.3. The zero-order valence-corrected chi connectivity index (χ0v) is 23.3. The predicted octanol–water partition coefficient (Wildman–Crippen LogP) is 8.16. The first-order valence-electron chi connectivity index (χ1n) is 14.1. The van der Waals surface area contributed by atoms with Crippen molar-refractivity contribution in [2.24, 2.45) is 56.7 Å². The van der Waals surface area contributed by atoms with E-state index in [0.29, 0.717) is 22.2 Å². The summed E-state index contributed by atoms with van der Waals surface area (Å²) in [5.41, 5.74) is 1.56. The van der Waals surface area contributed by atoms with Gasteiger partial charge in [0.05, 0.1) is 6.10 Å². The summed E-state index contributed by atoms with van der Waals surface area (Å²) in [5, 5.41) is 11.1. The molecule has 0 aromatic rings. The maximum atomic E-state index is 11.1. The number of thiol groups is 1. The van der Waals surface area contributed by atoms with E-state index >= 15 is 0 Å². The van der Waals surface area contributed by atoms with E-state index in [1.54, 1.807) is 0 Å². The second-order valence-corrected chi connectivity index (χ2v) is 16.1. The summed E-state index contributed by atoms with van der Waals surface area (Å²) in [7, 11) is 0. The lowest BCUT2D eigenvalue weighted by atomic mass is 9.31. The Bertz CT molecular complexity index is 777.